The zero-order valence-corrected chi connectivity index (χ0v) is 21.8. The summed E-state index contributed by atoms with van der Waals surface area (Å²) in [4.78, 5) is 15.4. The molecular formula is C26H37ClN2O3S. The molecule has 0 bridgehead atoms. The summed E-state index contributed by atoms with van der Waals surface area (Å²) < 4.78 is 11.0. The number of ether oxygens (including phenoxy) is 2. The second-order valence-corrected chi connectivity index (χ2v) is 10.4. The highest BCUT2D eigenvalue weighted by Crippen LogP contribution is 2.32. The predicted octanol–water partition coefficient (Wildman–Crippen LogP) is 5.30. The van der Waals surface area contributed by atoms with Gasteiger partial charge >= 0.3 is 5.97 Å². The molecule has 1 saturated heterocycles. The summed E-state index contributed by atoms with van der Waals surface area (Å²) in [6, 6.07) is 8.81. The Morgan fingerprint density at radius 1 is 1.18 bits per heavy atom. The molecule has 182 valence electrons. The van der Waals surface area contributed by atoms with Crippen molar-refractivity contribution in [2.45, 2.75) is 77.5 Å². The lowest BCUT2D eigenvalue weighted by atomic mass is 9.83. The number of methoxy groups -OCH3 is 1. The SMILES string of the molecule is COC(=O)CC1CN(C2CCC(C(=S)NC(C)=C(C)C)CC2)C(Cc2ccc(Cl)cc2)CO1. The number of allylic oxidation sites excluding steroid dienone is 2. The number of nitrogens with zero attached hydrogens (tertiary/aromatic N) is 1. The zero-order valence-electron chi connectivity index (χ0n) is 20.2. The third-order valence-electron chi connectivity index (χ3n) is 7.01. The van der Waals surface area contributed by atoms with Crippen molar-refractivity contribution in [2.75, 3.05) is 20.3 Å². The van der Waals surface area contributed by atoms with Crippen molar-refractivity contribution in [3.8, 4) is 0 Å². The number of carbonyl (C=O) groups excluding carboxylic acids is 1. The molecule has 1 heterocycles. The van der Waals surface area contributed by atoms with Gasteiger partial charge in [0.15, 0.2) is 0 Å². The van der Waals surface area contributed by atoms with Gasteiger partial charge < -0.3 is 14.8 Å². The summed E-state index contributed by atoms with van der Waals surface area (Å²) in [5.41, 5.74) is 3.67. The molecule has 3 rings (SSSR count). The van der Waals surface area contributed by atoms with Gasteiger partial charge in [-0.25, -0.2) is 0 Å². The second-order valence-electron chi connectivity index (χ2n) is 9.54. The number of rotatable bonds is 7. The van der Waals surface area contributed by atoms with Crippen LogP contribution in [0.4, 0.5) is 0 Å². The first-order chi connectivity index (χ1) is 15.8. The van der Waals surface area contributed by atoms with E-state index in [9.17, 15) is 4.79 Å². The summed E-state index contributed by atoms with van der Waals surface area (Å²) in [5, 5.41) is 4.19. The molecule has 7 heteroatoms. The number of morpholine rings is 1. The normalized spacial score (nSPS) is 25.8. The van der Waals surface area contributed by atoms with Gasteiger partial charge in [-0.05, 0) is 70.6 Å². The summed E-state index contributed by atoms with van der Waals surface area (Å²) >= 11 is 11.8. The molecule has 1 aromatic rings. The maximum atomic E-state index is 11.9. The highest BCUT2D eigenvalue weighted by molar-refractivity contribution is 7.80. The number of halogens is 1. The summed E-state index contributed by atoms with van der Waals surface area (Å²) in [7, 11) is 1.43. The highest BCUT2D eigenvalue weighted by Gasteiger charge is 2.37. The van der Waals surface area contributed by atoms with Crippen molar-refractivity contribution >= 4 is 34.8 Å². The van der Waals surface area contributed by atoms with Gasteiger partial charge in [-0.3, -0.25) is 9.69 Å². The molecule has 0 amide bonds. The maximum absolute atomic E-state index is 11.9. The summed E-state index contributed by atoms with van der Waals surface area (Å²) in [5.74, 6) is 0.207. The molecule has 2 atom stereocenters. The Morgan fingerprint density at radius 3 is 2.45 bits per heavy atom. The quantitative estimate of drug-likeness (QED) is 0.411. The average molecular weight is 493 g/mol. The van der Waals surface area contributed by atoms with Gasteiger partial charge in [-0.2, -0.15) is 0 Å². The van der Waals surface area contributed by atoms with E-state index in [1.165, 1.54) is 18.2 Å². The Balaban J connectivity index is 1.65. The Morgan fingerprint density at radius 2 is 1.85 bits per heavy atom. The van der Waals surface area contributed by atoms with E-state index in [1.54, 1.807) is 0 Å². The number of thiocarbonyl (C=S) groups is 1. The number of nitrogens with one attached hydrogen (secondary N) is 1. The van der Waals surface area contributed by atoms with Crippen molar-refractivity contribution in [1.29, 1.82) is 0 Å². The van der Waals surface area contributed by atoms with Gasteiger partial charge in [-0.15, -0.1) is 0 Å². The Labute approximate surface area is 208 Å². The highest BCUT2D eigenvalue weighted by atomic mass is 35.5. The van der Waals surface area contributed by atoms with Crippen LogP contribution in [0.3, 0.4) is 0 Å². The fraction of sp³-hybridized carbons (Fsp3) is 0.615. The van der Waals surface area contributed by atoms with Crippen molar-refractivity contribution < 1.29 is 14.3 Å². The van der Waals surface area contributed by atoms with Crippen LogP contribution in [-0.2, 0) is 20.7 Å². The van der Waals surface area contributed by atoms with Crippen LogP contribution < -0.4 is 5.32 Å². The third-order valence-corrected chi connectivity index (χ3v) is 7.70. The van der Waals surface area contributed by atoms with Crippen LogP contribution in [0, 0.1) is 5.92 Å². The van der Waals surface area contributed by atoms with Crippen molar-refractivity contribution in [3.63, 3.8) is 0 Å². The molecular weight excluding hydrogens is 456 g/mol. The van der Waals surface area contributed by atoms with E-state index in [4.69, 9.17) is 33.3 Å². The Hall–Kier alpha value is -1.47. The van der Waals surface area contributed by atoms with Crippen LogP contribution in [0.25, 0.3) is 0 Å². The molecule has 2 aliphatic rings. The first-order valence-electron chi connectivity index (χ1n) is 11.9. The maximum Gasteiger partial charge on any atom is 0.308 e. The Kier molecular flexibility index (Phi) is 9.74. The van der Waals surface area contributed by atoms with Crippen molar-refractivity contribution in [3.05, 3.63) is 46.1 Å². The standard InChI is InChI=1S/C26H37ClN2O3S/c1-17(2)18(3)28-26(33)20-7-11-22(12-8-20)29-15-24(14-25(30)31-4)32-16-23(29)13-19-5-9-21(27)10-6-19/h5-6,9-10,20,22-24H,7-8,11-16H2,1-4H3,(H,28,33). The molecule has 1 aliphatic carbocycles. The van der Waals surface area contributed by atoms with Crippen LogP contribution in [0.2, 0.25) is 5.02 Å². The van der Waals surface area contributed by atoms with E-state index < -0.39 is 0 Å². The monoisotopic (exact) mass is 492 g/mol. The van der Waals surface area contributed by atoms with Crippen LogP contribution in [0.5, 0.6) is 0 Å². The van der Waals surface area contributed by atoms with E-state index in [-0.39, 0.29) is 18.1 Å². The van der Waals surface area contributed by atoms with Crippen LogP contribution >= 0.6 is 23.8 Å². The fourth-order valence-corrected chi connectivity index (χ4v) is 5.28. The van der Waals surface area contributed by atoms with Crippen LogP contribution in [0.15, 0.2) is 35.5 Å². The molecule has 1 saturated carbocycles. The number of benzene rings is 1. The van der Waals surface area contributed by atoms with Gasteiger partial charge in [0.25, 0.3) is 0 Å². The molecule has 1 aliphatic heterocycles. The minimum absolute atomic E-state index is 0.125. The number of hydrogen-bond donors (Lipinski definition) is 1. The average Bonchev–Trinajstić information content (AvgIpc) is 2.81. The Bertz CT molecular complexity index is 846. The summed E-state index contributed by atoms with van der Waals surface area (Å²) in [6.07, 6.45) is 5.44. The second kappa shape index (κ2) is 12.3. The van der Waals surface area contributed by atoms with Gasteiger partial charge in [0.1, 0.15) is 0 Å². The molecule has 33 heavy (non-hydrogen) atoms. The van der Waals surface area contributed by atoms with Crippen molar-refractivity contribution in [2.24, 2.45) is 5.92 Å². The van der Waals surface area contributed by atoms with Crippen molar-refractivity contribution in [1.82, 2.24) is 10.2 Å². The van der Waals surface area contributed by atoms with E-state index >= 15 is 0 Å². The van der Waals surface area contributed by atoms with E-state index in [1.807, 2.05) is 12.1 Å². The lowest BCUT2D eigenvalue weighted by molar-refractivity contribution is -0.148. The third kappa shape index (κ3) is 7.51. The smallest absolute Gasteiger partial charge is 0.308 e. The van der Waals surface area contributed by atoms with Gasteiger partial charge in [0.05, 0.1) is 31.2 Å². The van der Waals surface area contributed by atoms with Gasteiger partial charge in [-0.1, -0.05) is 41.5 Å². The number of hydrogen-bond acceptors (Lipinski definition) is 5. The number of esters is 1. The molecule has 1 N–H and O–H groups in total. The van der Waals surface area contributed by atoms with Crippen LogP contribution in [0.1, 0.15) is 58.4 Å². The topological polar surface area (TPSA) is 50.8 Å². The largest absolute Gasteiger partial charge is 0.469 e. The number of carbonyl (C=O) groups is 1. The molecule has 0 spiro atoms. The fourth-order valence-electron chi connectivity index (χ4n) is 4.77. The zero-order chi connectivity index (χ0) is 24.0. The molecule has 1 aromatic carbocycles. The van der Waals surface area contributed by atoms with E-state index in [0.717, 1.165) is 54.4 Å². The van der Waals surface area contributed by atoms with E-state index in [2.05, 4.69) is 43.1 Å². The molecule has 0 aromatic heterocycles. The lowest BCUT2D eigenvalue weighted by Gasteiger charge is -2.46. The molecule has 0 radical (unpaired) electrons. The molecule has 2 unspecified atom stereocenters. The molecule has 5 nitrogen and oxygen atoms in total. The summed E-state index contributed by atoms with van der Waals surface area (Å²) in [6.45, 7) is 7.66. The van der Waals surface area contributed by atoms with Gasteiger partial charge in [0, 0.05) is 35.3 Å². The van der Waals surface area contributed by atoms with E-state index in [0.29, 0.717) is 25.0 Å². The van der Waals surface area contributed by atoms with Gasteiger partial charge in [0.2, 0.25) is 0 Å². The minimum Gasteiger partial charge on any atom is -0.469 e. The minimum atomic E-state index is -0.217. The first kappa shape index (κ1) is 26.1. The lowest BCUT2D eigenvalue weighted by Crippen LogP contribution is -2.56. The predicted molar refractivity (Wildman–Crippen MR) is 138 cm³/mol. The van der Waals surface area contributed by atoms with Crippen LogP contribution in [-0.4, -0.2) is 54.3 Å². The molecule has 2 fully saturated rings. The first-order valence-corrected chi connectivity index (χ1v) is 12.7.